The maximum absolute atomic E-state index is 11.8. The Morgan fingerprint density at radius 2 is 2.16 bits per heavy atom. The molecule has 0 aliphatic carbocycles. The highest BCUT2D eigenvalue weighted by molar-refractivity contribution is 7.92. The van der Waals surface area contributed by atoms with Crippen LogP contribution >= 0.6 is 0 Å². The number of ether oxygens (including phenoxy) is 1. The number of aromatic amines is 1. The fraction of sp³-hybridized carbons (Fsp3) is 0.545. The van der Waals surface area contributed by atoms with Gasteiger partial charge in [-0.05, 0) is 20.8 Å². The number of aromatic nitrogens is 1. The second kappa shape index (κ2) is 6.07. The summed E-state index contributed by atoms with van der Waals surface area (Å²) in [5.41, 5.74) is 0.353. The molecular formula is C11H18N2O5S. The maximum atomic E-state index is 11.8. The highest BCUT2D eigenvalue weighted by Gasteiger charge is 2.19. The minimum Gasteiger partial charge on any atom is -0.478 e. The molecule has 19 heavy (non-hydrogen) atoms. The van der Waals surface area contributed by atoms with E-state index in [0.717, 1.165) is 0 Å². The van der Waals surface area contributed by atoms with Crippen molar-refractivity contribution in [3.05, 3.63) is 17.5 Å². The van der Waals surface area contributed by atoms with E-state index in [2.05, 4.69) is 9.71 Å². The van der Waals surface area contributed by atoms with Crippen LogP contribution in [0.2, 0.25) is 0 Å². The van der Waals surface area contributed by atoms with E-state index in [1.807, 2.05) is 0 Å². The summed E-state index contributed by atoms with van der Waals surface area (Å²) in [6.45, 7) is 5.22. The molecule has 108 valence electrons. The molecule has 0 bridgehead atoms. The number of hydrogen-bond donors (Lipinski definition) is 3. The van der Waals surface area contributed by atoms with Crippen molar-refractivity contribution in [1.82, 2.24) is 4.98 Å². The molecule has 0 saturated heterocycles. The summed E-state index contributed by atoms with van der Waals surface area (Å²) in [7, 11) is -3.63. The lowest BCUT2D eigenvalue weighted by molar-refractivity contribution is 0.0697. The van der Waals surface area contributed by atoms with Crippen molar-refractivity contribution in [2.75, 3.05) is 17.1 Å². The van der Waals surface area contributed by atoms with Crippen LogP contribution in [-0.4, -0.2) is 42.9 Å². The number of nitrogens with one attached hydrogen (secondary N) is 2. The zero-order valence-corrected chi connectivity index (χ0v) is 11.9. The van der Waals surface area contributed by atoms with Crippen LogP contribution in [0.1, 0.15) is 29.9 Å². The first-order valence-corrected chi connectivity index (χ1v) is 7.41. The quantitative estimate of drug-likeness (QED) is 0.699. The predicted octanol–water partition coefficient (Wildman–Crippen LogP) is 1.19. The standard InChI is InChI=1S/C11H18N2O5S/c1-7(2)18-4-5-19(16,17)13-9-6-12-8(3)10(9)11(14)15/h6-7,12-13H,4-5H2,1-3H3,(H,14,15). The second-order valence-corrected chi connectivity index (χ2v) is 6.19. The molecule has 1 aromatic heterocycles. The van der Waals surface area contributed by atoms with E-state index in [1.165, 1.54) is 6.20 Å². The molecule has 1 aromatic rings. The van der Waals surface area contributed by atoms with Crippen LogP contribution in [0.4, 0.5) is 5.69 Å². The first-order valence-electron chi connectivity index (χ1n) is 5.76. The molecule has 1 heterocycles. The van der Waals surface area contributed by atoms with E-state index in [1.54, 1.807) is 20.8 Å². The lowest BCUT2D eigenvalue weighted by Crippen LogP contribution is -2.22. The summed E-state index contributed by atoms with van der Waals surface area (Å²) < 4.78 is 30.9. The predicted molar refractivity (Wildman–Crippen MR) is 71.0 cm³/mol. The van der Waals surface area contributed by atoms with Gasteiger partial charge in [-0.2, -0.15) is 0 Å². The fourth-order valence-electron chi connectivity index (χ4n) is 1.49. The lowest BCUT2D eigenvalue weighted by atomic mass is 10.2. The number of carboxylic acids is 1. The zero-order valence-electron chi connectivity index (χ0n) is 11.1. The molecule has 8 heteroatoms. The van der Waals surface area contributed by atoms with E-state index in [-0.39, 0.29) is 29.7 Å². The van der Waals surface area contributed by atoms with Crippen LogP contribution < -0.4 is 4.72 Å². The number of rotatable bonds is 7. The molecule has 0 saturated carbocycles. The smallest absolute Gasteiger partial charge is 0.339 e. The molecular weight excluding hydrogens is 272 g/mol. The minimum absolute atomic E-state index is 0.0366. The summed E-state index contributed by atoms with van der Waals surface area (Å²) in [5, 5.41) is 9.00. The van der Waals surface area contributed by atoms with Gasteiger partial charge < -0.3 is 14.8 Å². The summed E-state index contributed by atoms with van der Waals surface area (Å²) >= 11 is 0. The minimum atomic E-state index is -3.63. The average molecular weight is 290 g/mol. The Hall–Kier alpha value is -1.54. The first-order chi connectivity index (χ1) is 8.73. The van der Waals surface area contributed by atoms with Crippen molar-refractivity contribution in [2.24, 2.45) is 0 Å². The fourth-order valence-corrected chi connectivity index (χ4v) is 2.41. The van der Waals surface area contributed by atoms with E-state index in [9.17, 15) is 13.2 Å². The molecule has 3 N–H and O–H groups in total. The topological polar surface area (TPSA) is 108 Å². The third-order valence-corrected chi connectivity index (χ3v) is 3.59. The molecule has 7 nitrogen and oxygen atoms in total. The normalized spacial score (nSPS) is 11.8. The van der Waals surface area contributed by atoms with Gasteiger partial charge in [0.1, 0.15) is 5.56 Å². The maximum Gasteiger partial charge on any atom is 0.339 e. The van der Waals surface area contributed by atoms with Crippen molar-refractivity contribution in [1.29, 1.82) is 0 Å². The number of carbonyl (C=O) groups is 1. The molecule has 0 amide bonds. The Morgan fingerprint density at radius 3 is 2.68 bits per heavy atom. The van der Waals surface area contributed by atoms with Gasteiger partial charge in [-0.3, -0.25) is 4.72 Å². The Morgan fingerprint density at radius 1 is 1.53 bits per heavy atom. The monoisotopic (exact) mass is 290 g/mol. The number of carboxylic acid groups (broad SMARTS) is 1. The summed E-state index contributed by atoms with van der Waals surface area (Å²) in [5.74, 6) is -1.41. The van der Waals surface area contributed by atoms with Gasteiger partial charge in [-0.1, -0.05) is 0 Å². The van der Waals surface area contributed by atoms with Crippen molar-refractivity contribution < 1.29 is 23.1 Å². The molecule has 0 radical (unpaired) electrons. The number of aromatic carboxylic acids is 1. The van der Waals surface area contributed by atoms with Crippen LogP contribution in [0.25, 0.3) is 0 Å². The van der Waals surface area contributed by atoms with Gasteiger partial charge in [0.2, 0.25) is 10.0 Å². The largest absolute Gasteiger partial charge is 0.478 e. The summed E-state index contributed by atoms with van der Waals surface area (Å²) in [4.78, 5) is 13.7. The molecule has 0 atom stereocenters. The Balaban J connectivity index is 2.76. The van der Waals surface area contributed by atoms with E-state index < -0.39 is 16.0 Å². The molecule has 0 fully saturated rings. The molecule has 1 rings (SSSR count). The number of aryl methyl sites for hydroxylation is 1. The van der Waals surface area contributed by atoms with Crippen molar-refractivity contribution in [3.8, 4) is 0 Å². The van der Waals surface area contributed by atoms with Crippen LogP contribution in [0.15, 0.2) is 6.20 Å². The van der Waals surface area contributed by atoms with Crippen molar-refractivity contribution in [2.45, 2.75) is 26.9 Å². The second-order valence-electron chi connectivity index (χ2n) is 4.35. The first kappa shape index (κ1) is 15.5. The number of sulfonamides is 1. The van der Waals surface area contributed by atoms with E-state index in [4.69, 9.17) is 9.84 Å². The van der Waals surface area contributed by atoms with E-state index in [0.29, 0.717) is 5.69 Å². The SMILES string of the molecule is Cc1[nH]cc(NS(=O)(=O)CCOC(C)C)c1C(=O)O. The molecule has 0 unspecified atom stereocenters. The molecule has 0 aliphatic heterocycles. The summed E-state index contributed by atoms with van der Waals surface area (Å²) in [6.07, 6.45) is 1.26. The number of anilines is 1. The van der Waals surface area contributed by atoms with Gasteiger partial charge in [0.25, 0.3) is 0 Å². The van der Waals surface area contributed by atoms with Crippen LogP contribution in [-0.2, 0) is 14.8 Å². The highest BCUT2D eigenvalue weighted by atomic mass is 32.2. The van der Waals surface area contributed by atoms with E-state index >= 15 is 0 Å². The molecule has 0 spiro atoms. The third-order valence-electron chi connectivity index (χ3n) is 2.36. The van der Waals surface area contributed by atoms with Gasteiger partial charge in [-0.25, -0.2) is 13.2 Å². The van der Waals surface area contributed by atoms with Gasteiger partial charge in [0.05, 0.1) is 24.2 Å². The average Bonchev–Trinajstić information content (AvgIpc) is 2.57. The van der Waals surface area contributed by atoms with Gasteiger partial charge in [0, 0.05) is 11.9 Å². The number of hydrogen-bond acceptors (Lipinski definition) is 4. The van der Waals surface area contributed by atoms with Crippen LogP contribution in [0.3, 0.4) is 0 Å². The third kappa shape index (κ3) is 4.56. The van der Waals surface area contributed by atoms with Gasteiger partial charge >= 0.3 is 5.97 Å². The highest BCUT2D eigenvalue weighted by Crippen LogP contribution is 2.20. The molecule has 0 aromatic carbocycles. The number of H-pyrrole nitrogens is 1. The summed E-state index contributed by atoms with van der Waals surface area (Å²) in [6, 6.07) is 0. The Bertz CT molecular complexity index is 547. The van der Waals surface area contributed by atoms with Gasteiger partial charge in [0.15, 0.2) is 0 Å². The Labute approximate surface area is 112 Å². The Kier molecular flexibility index (Phi) is 4.96. The van der Waals surface area contributed by atoms with Crippen molar-refractivity contribution in [3.63, 3.8) is 0 Å². The zero-order chi connectivity index (χ0) is 14.6. The van der Waals surface area contributed by atoms with Crippen LogP contribution in [0.5, 0.6) is 0 Å². The lowest BCUT2D eigenvalue weighted by Gasteiger charge is -2.09. The van der Waals surface area contributed by atoms with Gasteiger partial charge in [-0.15, -0.1) is 0 Å². The molecule has 0 aliphatic rings. The van der Waals surface area contributed by atoms with Crippen molar-refractivity contribution >= 4 is 21.7 Å². The van der Waals surface area contributed by atoms with Crippen LogP contribution in [0, 0.1) is 6.92 Å².